The molecule has 0 spiro atoms. The fraction of sp³-hybridized carbons (Fsp3) is 0.120. The minimum absolute atomic E-state index is 0.219. The number of ether oxygens (including phenoxy) is 3. The molecule has 3 rings (SSSR count). The summed E-state index contributed by atoms with van der Waals surface area (Å²) in [5.41, 5.74) is 3.66. The Morgan fingerprint density at radius 2 is 1.74 bits per heavy atom. The number of halogens is 1. The van der Waals surface area contributed by atoms with E-state index in [9.17, 15) is 14.4 Å². The van der Waals surface area contributed by atoms with Gasteiger partial charge < -0.3 is 19.5 Å². The van der Waals surface area contributed by atoms with E-state index in [0.29, 0.717) is 32.7 Å². The summed E-state index contributed by atoms with van der Waals surface area (Å²) in [4.78, 5) is 36.6. The Bertz CT molecular complexity index is 1260. The van der Waals surface area contributed by atoms with E-state index in [1.54, 1.807) is 66.7 Å². The maximum Gasteiger partial charge on any atom is 0.343 e. The first kappa shape index (κ1) is 25.4. The maximum absolute atomic E-state index is 12.5. The molecule has 10 heteroatoms. The molecule has 0 aliphatic heterocycles. The van der Waals surface area contributed by atoms with Crippen molar-refractivity contribution in [2.75, 3.05) is 20.8 Å². The molecule has 0 heterocycles. The van der Waals surface area contributed by atoms with E-state index in [2.05, 4.69) is 31.8 Å². The van der Waals surface area contributed by atoms with Gasteiger partial charge in [-0.1, -0.05) is 18.2 Å². The maximum atomic E-state index is 12.5. The second kappa shape index (κ2) is 12.3. The molecule has 0 bridgehead atoms. The van der Waals surface area contributed by atoms with E-state index >= 15 is 0 Å². The Balaban J connectivity index is 1.56. The lowest BCUT2D eigenvalue weighted by molar-refractivity contribution is -0.120. The minimum Gasteiger partial charge on any atom is -0.497 e. The van der Waals surface area contributed by atoms with Crippen LogP contribution in [0.2, 0.25) is 0 Å². The van der Waals surface area contributed by atoms with Gasteiger partial charge in [0.1, 0.15) is 5.75 Å². The highest BCUT2D eigenvalue weighted by Crippen LogP contribution is 2.28. The highest BCUT2D eigenvalue weighted by atomic mass is 79.9. The number of esters is 1. The van der Waals surface area contributed by atoms with Crippen LogP contribution in [0.1, 0.15) is 26.3 Å². The number of nitrogens with one attached hydrogen (secondary N) is 2. The lowest BCUT2D eigenvalue weighted by Crippen LogP contribution is -2.35. The third kappa shape index (κ3) is 7.15. The van der Waals surface area contributed by atoms with Crippen molar-refractivity contribution in [3.8, 4) is 17.2 Å². The van der Waals surface area contributed by atoms with Crippen LogP contribution in [0.4, 0.5) is 0 Å². The second-order valence-corrected chi connectivity index (χ2v) is 7.84. The van der Waals surface area contributed by atoms with Gasteiger partial charge in [-0.05, 0) is 70.0 Å². The number of carbonyl (C=O) groups is 3. The summed E-state index contributed by atoms with van der Waals surface area (Å²) in [6, 6.07) is 18.3. The molecule has 0 aliphatic carbocycles. The van der Waals surface area contributed by atoms with Crippen LogP contribution in [0.15, 0.2) is 76.3 Å². The molecule has 35 heavy (non-hydrogen) atoms. The van der Waals surface area contributed by atoms with Gasteiger partial charge in [-0.2, -0.15) is 5.10 Å². The van der Waals surface area contributed by atoms with Crippen LogP contribution >= 0.6 is 15.9 Å². The lowest BCUT2D eigenvalue weighted by Gasteiger charge is -2.10. The molecule has 0 aromatic heterocycles. The number of hydrogen-bond donors (Lipinski definition) is 2. The highest BCUT2D eigenvalue weighted by Gasteiger charge is 2.14. The number of hydrogen-bond acceptors (Lipinski definition) is 7. The predicted molar refractivity (Wildman–Crippen MR) is 133 cm³/mol. The molecular weight excluding hydrogens is 518 g/mol. The van der Waals surface area contributed by atoms with E-state index < -0.39 is 11.9 Å². The number of rotatable bonds is 9. The first-order chi connectivity index (χ1) is 16.9. The van der Waals surface area contributed by atoms with Crippen molar-refractivity contribution in [3.05, 3.63) is 87.9 Å². The van der Waals surface area contributed by atoms with Crippen LogP contribution < -0.4 is 25.0 Å². The molecule has 0 radical (unpaired) electrons. The Hall–Kier alpha value is -4.18. The summed E-state index contributed by atoms with van der Waals surface area (Å²) in [6.45, 7) is -0.250. The van der Waals surface area contributed by atoms with Crippen LogP contribution in [-0.2, 0) is 4.79 Å². The fourth-order valence-corrected chi connectivity index (χ4v) is 3.34. The van der Waals surface area contributed by atoms with Gasteiger partial charge in [-0.15, -0.1) is 0 Å². The van der Waals surface area contributed by atoms with E-state index in [1.807, 2.05) is 0 Å². The standard InChI is InChI=1S/C25H22BrN3O6/c1-33-18-7-5-6-17(13-18)25(32)35-21-11-10-16(12-22(21)34-2)14-28-29-23(30)15-27-24(31)19-8-3-4-9-20(19)26/h3-14H,15H2,1-2H3,(H,27,31)(H,29,30)/b28-14-. The van der Waals surface area contributed by atoms with Gasteiger partial charge in [0.25, 0.3) is 11.8 Å². The molecule has 3 aromatic carbocycles. The first-order valence-corrected chi connectivity index (χ1v) is 11.1. The van der Waals surface area contributed by atoms with Gasteiger partial charge in [0.05, 0.1) is 38.1 Å². The topological polar surface area (TPSA) is 115 Å². The van der Waals surface area contributed by atoms with Gasteiger partial charge in [0.2, 0.25) is 0 Å². The lowest BCUT2D eigenvalue weighted by atomic mass is 10.2. The zero-order chi connectivity index (χ0) is 25.2. The second-order valence-electron chi connectivity index (χ2n) is 6.99. The Morgan fingerprint density at radius 3 is 2.49 bits per heavy atom. The summed E-state index contributed by atoms with van der Waals surface area (Å²) in [7, 11) is 2.95. The van der Waals surface area contributed by atoms with Gasteiger partial charge >= 0.3 is 5.97 Å². The van der Waals surface area contributed by atoms with Gasteiger partial charge in [0.15, 0.2) is 11.5 Å². The Kier molecular flexibility index (Phi) is 8.96. The van der Waals surface area contributed by atoms with Gasteiger partial charge in [0, 0.05) is 4.47 Å². The number of methoxy groups -OCH3 is 2. The SMILES string of the molecule is COc1cccc(C(=O)Oc2ccc(/C=N\NC(=O)CNC(=O)c3ccccc3Br)cc2OC)c1. The zero-order valence-corrected chi connectivity index (χ0v) is 20.5. The number of amides is 2. The molecule has 2 amide bonds. The largest absolute Gasteiger partial charge is 0.497 e. The van der Waals surface area contributed by atoms with E-state index in [0.717, 1.165) is 0 Å². The summed E-state index contributed by atoms with van der Waals surface area (Å²) in [5, 5.41) is 6.40. The molecule has 3 aromatic rings. The van der Waals surface area contributed by atoms with Crippen molar-refractivity contribution >= 4 is 39.9 Å². The van der Waals surface area contributed by atoms with E-state index in [1.165, 1.54) is 20.4 Å². The highest BCUT2D eigenvalue weighted by molar-refractivity contribution is 9.10. The normalized spacial score (nSPS) is 10.5. The third-order valence-electron chi connectivity index (χ3n) is 4.63. The molecule has 9 nitrogen and oxygen atoms in total. The van der Waals surface area contributed by atoms with Crippen molar-refractivity contribution < 1.29 is 28.6 Å². The first-order valence-electron chi connectivity index (χ1n) is 10.3. The predicted octanol–water partition coefficient (Wildman–Crippen LogP) is 3.57. The molecule has 180 valence electrons. The van der Waals surface area contributed by atoms with E-state index in [-0.39, 0.29) is 18.2 Å². The molecular formula is C25H22BrN3O6. The zero-order valence-electron chi connectivity index (χ0n) is 18.9. The van der Waals surface area contributed by atoms with Crippen molar-refractivity contribution in [1.82, 2.24) is 10.7 Å². The van der Waals surface area contributed by atoms with Gasteiger partial charge in [-0.3, -0.25) is 9.59 Å². The number of benzene rings is 3. The number of carbonyl (C=O) groups excluding carboxylic acids is 3. The summed E-state index contributed by atoms with van der Waals surface area (Å²) >= 11 is 3.29. The monoisotopic (exact) mass is 539 g/mol. The number of nitrogens with zero attached hydrogens (tertiary/aromatic N) is 1. The molecule has 0 unspecified atom stereocenters. The average molecular weight is 540 g/mol. The van der Waals surface area contributed by atoms with Crippen molar-refractivity contribution in [2.24, 2.45) is 5.10 Å². The molecule has 0 fully saturated rings. The molecule has 0 atom stereocenters. The van der Waals surface area contributed by atoms with Crippen LogP contribution in [0.5, 0.6) is 17.2 Å². The quantitative estimate of drug-likeness (QED) is 0.186. The Labute approximate surface area is 210 Å². The molecule has 0 saturated heterocycles. The smallest absolute Gasteiger partial charge is 0.343 e. The molecule has 0 aliphatic rings. The third-order valence-corrected chi connectivity index (χ3v) is 5.32. The van der Waals surface area contributed by atoms with Crippen LogP contribution in [0, 0.1) is 0 Å². The minimum atomic E-state index is -0.569. The summed E-state index contributed by atoms with van der Waals surface area (Å²) < 4.78 is 16.5. The van der Waals surface area contributed by atoms with E-state index in [4.69, 9.17) is 14.2 Å². The molecule has 0 saturated carbocycles. The number of hydrazone groups is 1. The van der Waals surface area contributed by atoms with Crippen LogP contribution in [0.3, 0.4) is 0 Å². The summed E-state index contributed by atoms with van der Waals surface area (Å²) in [5.74, 6) is -0.403. The van der Waals surface area contributed by atoms with Crippen LogP contribution in [-0.4, -0.2) is 44.8 Å². The van der Waals surface area contributed by atoms with Crippen molar-refractivity contribution in [2.45, 2.75) is 0 Å². The van der Waals surface area contributed by atoms with Crippen LogP contribution in [0.25, 0.3) is 0 Å². The van der Waals surface area contributed by atoms with Crippen molar-refractivity contribution in [1.29, 1.82) is 0 Å². The van der Waals surface area contributed by atoms with Gasteiger partial charge in [-0.25, -0.2) is 10.2 Å². The van der Waals surface area contributed by atoms with Crippen molar-refractivity contribution in [3.63, 3.8) is 0 Å². The molecule has 2 N–H and O–H groups in total. The Morgan fingerprint density at radius 1 is 0.943 bits per heavy atom. The summed E-state index contributed by atoms with van der Waals surface area (Å²) in [6.07, 6.45) is 1.39. The fourth-order valence-electron chi connectivity index (χ4n) is 2.88. The average Bonchev–Trinajstić information content (AvgIpc) is 2.88.